The number of rotatable bonds is 5. The molecule has 2 aromatic rings. The maximum absolute atomic E-state index is 5.18. The molecule has 0 amide bonds. The molecule has 1 aliphatic rings. The predicted octanol–water partition coefficient (Wildman–Crippen LogP) is 1.31. The number of aromatic nitrogens is 3. The van der Waals surface area contributed by atoms with E-state index in [1.165, 1.54) is 12.8 Å². The second-order valence-electron chi connectivity index (χ2n) is 4.29. The molecule has 2 heterocycles. The first kappa shape index (κ1) is 10.4. The molecule has 0 spiro atoms. The van der Waals surface area contributed by atoms with Crippen LogP contribution in [0, 0.1) is 0 Å². The van der Waals surface area contributed by atoms with Gasteiger partial charge in [0.2, 0.25) is 5.89 Å². The Labute approximate surface area is 99.3 Å². The van der Waals surface area contributed by atoms with Gasteiger partial charge in [0.1, 0.15) is 0 Å². The summed E-state index contributed by atoms with van der Waals surface area (Å²) in [7, 11) is 0. The molecule has 17 heavy (non-hydrogen) atoms. The molecule has 0 unspecified atom stereocenters. The number of nitrogens with one attached hydrogen (secondary N) is 1. The van der Waals surface area contributed by atoms with Crippen LogP contribution in [0.2, 0.25) is 0 Å². The quantitative estimate of drug-likeness (QED) is 0.839. The van der Waals surface area contributed by atoms with E-state index < -0.39 is 0 Å². The van der Waals surface area contributed by atoms with Crippen molar-refractivity contribution in [3.63, 3.8) is 0 Å². The van der Waals surface area contributed by atoms with Gasteiger partial charge in [0.05, 0.1) is 6.54 Å². The molecule has 1 fully saturated rings. The maximum atomic E-state index is 5.18. The molecule has 0 aromatic carbocycles. The third-order valence-electron chi connectivity index (χ3n) is 2.74. The Morgan fingerprint density at radius 2 is 2.12 bits per heavy atom. The lowest BCUT2D eigenvalue weighted by Crippen LogP contribution is -2.15. The van der Waals surface area contributed by atoms with Crippen molar-refractivity contribution in [1.29, 1.82) is 0 Å². The van der Waals surface area contributed by atoms with Gasteiger partial charge in [-0.2, -0.15) is 4.98 Å². The third-order valence-corrected chi connectivity index (χ3v) is 2.74. The summed E-state index contributed by atoms with van der Waals surface area (Å²) in [6.07, 6.45) is 6.75. The van der Waals surface area contributed by atoms with Crippen LogP contribution in [0.5, 0.6) is 0 Å². The maximum Gasteiger partial charge on any atom is 0.240 e. The fraction of sp³-hybridized carbons (Fsp3) is 0.417. The molecule has 5 heteroatoms. The van der Waals surface area contributed by atoms with E-state index in [0.717, 1.165) is 11.4 Å². The molecule has 0 saturated heterocycles. The summed E-state index contributed by atoms with van der Waals surface area (Å²) in [6.45, 7) is 0.675. The van der Waals surface area contributed by atoms with Crippen LogP contribution in [0.1, 0.15) is 30.1 Å². The van der Waals surface area contributed by atoms with E-state index in [9.17, 15) is 0 Å². The van der Waals surface area contributed by atoms with E-state index in [-0.39, 0.29) is 0 Å². The van der Waals surface area contributed by atoms with Crippen LogP contribution < -0.4 is 5.32 Å². The minimum atomic E-state index is 0.658. The van der Waals surface area contributed by atoms with E-state index >= 15 is 0 Å². The van der Waals surface area contributed by atoms with E-state index in [4.69, 9.17) is 4.52 Å². The Kier molecular flexibility index (Phi) is 2.83. The largest absolute Gasteiger partial charge is 0.338 e. The molecule has 0 radical (unpaired) electrons. The van der Waals surface area contributed by atoms with Gasteiger partial charge in [0.25, 0.3) is 0 Å². The zero-order valence-corrected chi connectivity index (χ0v) is 9.47. The average Bonchev–Trinajstić information content (AvgIpc) is 3.09. The van der Waals surface area contributed by atoms with Crippen molar-refractivity contribution >= 4 is 0 Å². The number of hydrogen-bond donors (Lipinski definition) is 1. The van der Waals surface area contributed by atoms with Gasteiger partial charge >= 0.3 is 0 Å². The number of pyridine rings is 1. The zero-order chi connectivity index (χ0) is 11.5. The molecular formula is C12H14N4O. The molecule has 5 nitrogen and oxygen atoms in total. The second-order valence-corrected chi connectivity index (χ2v) is 4.29. The van der Waals surface area contributed by atoms with Crippen molar-refractivity contribution in [2.45, 2.75) is 31.8 Å². The van der Waals surface area contributed by atoms with Gasteiger partial charge in [-0.15, -0.1) is 0 Å². The highest BCUT2D eigenvalue weighted by Gasteiger charge is 2.21. The first-order valence-corrected chi connectivity index (χ1v) is 5.84. The first-order valence-electron chi connectivity index (χ1n) is 5.84. The van der Waals surface area contributed by atoms with E-state index in [0.29, 0.717) is 24.9 Å². The second kappa shape index (κ2) is 4.63. The van der Waals surface area contributed by atoms with Crippen molar-refractivity contribution in [3.05, 3.63) is 41.8 Å². The van der Waals surface area contributed by atoms with Gasteiger partial charge in [-0.3, -0.25) is 4.98 Å². The summed E-state index contributed by atoms with van der Waals surface area (Å²) in [5, 5.41) is 7.31. The molecule has 1 saturated carbocycles. The summed E-state index contributed by atoms with van der Waals surface area (Å²) >= 11 is 0. The molecular weight excluding hydrogens is 216 g/mol. The Balaban J connectivity index is 1.59. The third kappa shape index (κ3) is 2.88. The molecule has 1 aliphatic carbocycles. The number of nitrogens with zero attached hydrogens (tertiary/aromatic N) is 3. The minimum Gasteiger partial charge on any atom is -0.338 e. The van der Waals surface area contributed by atoms with Crippen LogP contribution in [0.3, 0.4) is 0 Å². The van der Waals surface area contributed by atoms with Gasteiger partial charge in [-0.25, -0.2) is 0 Å². The molecule has 0 aliphatic heterocycles. The molecule has 0 atom stereocenters. The SMILES string of the molecule is c1cc(Cc2noc(CNC3CC3)n2)ccn1. The van der Waals surface area contributed by atoms with Gasteiger partial charge in [0, 0.05) is 24.9 Å². The fourth-order valence-corrected chi connectivity index (χ4v) is 1.64. The summed E-state index contributed by atoms with van der Waals surface area (Å²) in [6, 6.07) is 4.57. The van der Waals surface area contributed by atoms with Crippen LogP contribution in [-0.2, 0) is 13.0 Å². The van der Waals surface area contributed by atoms with Crippen molar-refractivity contribution in [2.75, 3.05) is 0 Å². The van der Waals surface area contributed by atoms with Gasteiger partial charge in [0.15, 0.2) is 5.82 Å². The molecule has 2 aromatic heterocycles. The van der Waals surface area contributed by atoms with Crippen molar-refractivity contribution in [1.82, 2.24) is 20.4 Å². The van der Waals surface area contributed by atoms with E-state index in [1.807, 2.05) is 12.1 Å². The Hall–Kier alpha value is -1.75. The summed E-state index contributed by atoms with van der Waals surface area (Å²) in [5.74, 6) is 1.39. The van der Waals surface area contributed by atoms with Crippen LogP contribution in [0.25, 0.3) is 0 Å². The summed E-state index contributed by atoms with van der Waals surface area (Å²) in [5.41, 5.74) is 1.14. The molecule has 88 valence electrons. The van der Waals surface area contributed by atoms with Crippen LogP contribution in [-0.4, -0.2) is 21.2 Å². The Morgan fingerprint density at radius 1 is 1.29 bits per heavy atom. The minimum absolute atomic E-state index is 0.658. The molecule has 1 N–H and O–H groups in total. The van der Waals surface area contributed by atoms with Crippen LogP contribution in [0.4, 0.5) is 0 Å². The summed E-state index contributed by atoms with van der Waals surface area (Å²) < 4.78 is 5.18. The van der Waals surface area contributed by atoms with Gasteiger partial charge in [-0.1, -0.05) is 5.16 Å². The topological polar surface area (TPSA) is 63.8 Å². The predicted molar refractivity (Wildman–Crippen MR) is 61.2 cm³/mol. The first-order chi connectivity index (χ1) is 8.40. The van der Waals surface area contributed by atoms with Gasteiger partial charge < -0.3 is 9.84 Å². The van der Waals surface area contributed by atoms with Crippen molar-refractivity contribution < 1.29 is 4.52 Å². The van der Waals surface area contributed by atoms with E-state index in [2.05, 4.69) is 20.4 Å². The Bertz CT molecular complexity index is 478. The van der Waals surface area contributed by atoms with E-state index in [1.54, 1.807) is 12.4 Å². The van der Waals surface area contributed by atoms with Crippen molar-refractivity contribution in [2.24, 2.45) is 0 Å². The lowest BCUT2D eigenvalue weighted by Gasteiger charge is -1.95. The zero-order valence-electron chi connectivity index (χ0n) is 9.47. The Morgan fingerprint density at radius 3 is 2.88 bits per heavy atom. The lowest BCUT2D eigenvalue weighted by atomic mass is 10.2. The number of hydrogen-bond acceptors (Lipinski definition) is 5. The molecule has 3 rings (SSSR count). The standard InChI is InChI=1S/C12H14N4O/c1-2-10(1)14-8-12-15-11(16-17-12)7-9-3-5-13-6-4-9/h3-6,10,14H,1-2,7-8H2. The average molecular weight is 230 g/mol. The molecule has 0 bridgehead atoms. The normalized spacial score (nSPS) is 15.1. The highest BCUT2D eigenvalue weighted by Crippen LogP contribution is 2.19. The summed E-state index contributed by atoms with van der Waals surface area (Å²) in [4.78, 5) is 8.32. The van der Waals surface area contributed by atoms with Crippen LogP contribution in [0.15, 0.2) is 29.0 Å². The fourth-order valence-electron chi connectivity index (χ4n) is 1.64. The highest BCUT2D eigenvalue weighted by molar-refractivity contribution is 5.14. The highest BCUT2D eigenvalue weighted by atomic mass is 16.5. The monoisotopic (exact) mass is 230 g/mol. The lowest BCUT2D eigenvalue weighted by molar-refractivity contribution is 0.363. The van der Waals surface area contributed by atoms with Gasteiger partial charge in [-0.05, 0) is 30.5 Å². The van der Waals surface area contributed by atoms with Crippen molar-refractivity contribution in [3.8, 4) is 0 Å². The smallest absolute Gasteiger partial charge is 0.240 e. The van der Waals surface area contributed by atoms with Crippen LogP contribution >= 0.6 is 0 Å².